The smallest absolute Gasteiger partial charge is 0.119 e. The number of hydrogen-bond donors (Lipinski definition) is 1. The molecule has 0 bridgehead atoms. The van der Waals surface area contributed by atoms with Crippen LogP contribution < -0.4 is 10.5 Å². The summed E-state index contributed by atoms with van der Waals surface area (Å²) in [4.78, 5) is 4.80. The number of nitrogens with two attached hydrogens (primary N) is 1. The summed E-state index contributed by atoms with van der Waals surface area (Å²) in [7, 11) is 4.32. The normalized spacial score (nSPS) is 19.7. The molecule has 20 heavy (non-hydrogen) atoms. The zero-order chi connectivity index (χ0) is 14.4. The number of ether oxygens (including phenoxy) is 1. The van der Waals surface area contributed by atoms with Crippen LogP contribution in [0.4, 0.5) is 0 Å². The van der Waals surface area contributed by atoms with Crippen LogP contribution in [0.25, 0.3) is 0 Å². The first-order valence-electron chi connectivity index (χ1n) is 7.49. The fraction of sp³-hybridized carbons (Fsp3) is 0.625. The molecular weight excluding hydrogens is 250 g/mol. The van der Waals surface area contributed by atoms with Crippen LogP contribution >= 0.6 is 0 Å². The predicted octanol–water partition coefficient (Wildman–Crippen LogP) is 1.20. The predicted molar refractivity (Wildman–Crippen MR) is 83.2 cm³/mol. The van der Waals surface area contributed by atoms with E-state index in [4.69, 9.17) is 10.5 Å². The van der Waals surface area contributed by atoms with Crippen LogP contribution in [-0.2, 0) is 6.42 Å². The molecule has 0 spiro atoms. The maximum atomic E-state index is 5.81. The van der Waals surface area contributed by atoms with Gasteiger partial charge in [-0.05, 0) is 57.7 Å². The van der Waals surface area contributed by atoms with Gasteiger partial charge >= 0.3 is 0 Å². The topological polar surface area (TPSA) is 41.7 Å². The molecule has 112 valence electrons. The molecule has 4 nitrogen and oxygen atoms in total. The van der Waals surface area contributed by atoms with Crippen molar-refractivity contribution in [3.8, 4) is 5.75 Å². The molecule has 1 aliphatic heterocycles. The lowest BCUT2D eigenvalue weighted by Crippen LogP contribution is -2.33. The Labute approximate surface area is 122 Å². The fourth-order valence-corrected chi connectivity index (χ4v) is 2.65. The number of benzene rings is 1. The lowest BCUT2D eigenvalue weighted by atomic mass is 10.1. The minimum Gasteiger partial charge on any atom is -0.492 e. The highest BCUT2D eigenvalue weighted by atomic mass is 16.5. The molecule has 1 unspecified atom stereocenters. The summed E-state index contributed by atoms with van der Waals surface area (Å²) in [5, 5.41) is 0. The average Bonchev–Trinajstić information content (AvgIpc) is 2.90. The molecule has 1 aromatic carbocycles. The second kappa shape index (κ2) is 7.62. The van der Waals surface area contributed by atoms with Gasteiger partial charge in [0.25, 0.3) is 0 Å². The third-order valence-corrected chi connectivity index (χ3v) is 4.01. The van der Waals surface area contributed by atoms with Crippen molar-refractivity contribution in [3.05, 3.63) is 29.8 Å². The Morgan fingerprint density at radius 2 is 2.05 bits per heavy atom. The molecule has 1 aliphatic rings. The van der Waals surface area contributed by atoms with Crippen molar-refractivity contribution in [3.63, 3.8) is 0 Å². The van der Waals surface area contributed by atoms with Gasteiger partial charge in [0.1, 0.15) is 12.4 Å². The third-order valence-electron chi connectivity index (χ3n) is 4.01. The Hall–Kier alpha value is -1.10. The summed E-state index contributed by atoms with van der Waals surface area (Å²) < 4.78 is 5.81. The second-order valence-electron chi connectivity index (χ2n) is 5.74. The van der Waals surface area contributed by atoms with Crippen LogP contribution in [0.3, 0.4) is 0 Å². The molecule has 1 saturated heterocycles. The van der Waals surface area contributed by atoms with Crippen LogP contribution in [0.5, 0.6) is 5.75 Å². The summed E-state index contributed by atoms with van der Waals surface area (Å²) in [5.74, 6) is 0.953. The molecule has 0 saturated carbocycles. The zero-order valence-electron chi connectivity index (χ0n) is 12.7. The van der Waals surface area contributed by atoms with E-state index in [1.165, 1.54) is 18.5 Å². The largest absolute Gasteiger partial charge is 0.492 e. The molecular formula is C16H27N3O. The van der Waals surface area contributed by atoms with Gasteiger partial charge in [-0.15, -0.1) is 0 Å². The number of nitrogens with zero attached hydrogens (tertiary/aromatic N) is 2. The SMILES string of the molecule is CN(C)C1CCN(CCOc2ccc(CCN)cc2)C1. The van der Waals surface area contributed by atoms with E-state index in [1.54, 1.807) is 0 Å². The highest BCUT2D eigenvalue weighted by Gasteiger charge is 2.23. The van der Waals surface area contributed by atoms with Crippen molar-refractivity contribution in [2.75, 3.05) is 46.9 Å². The van der Waals surface area contributed by atoms with Gasteiger partial charge < -0.3 is 15.4 Å². The van der Waals surface area contributed by atoms with Gasteiger partial charge in [-0.3, -0.25) is 4.90 Å². The second-order valence-corrected chi connectivity index (χ2v) is 5.74. The fourth-order valence-electron chi connectivity index (χ4n) is 2.65. The average molecular weight is 277 g/mol. The first-order valence-corrected chi connectivity index (χ1v) is 7.49. The van der Waals surface area contributed by atoms with Crippen molar-refractivity contribution in [2.24, 2.45) is 5.73 Å². The summed E-state index contributed by atoms with van der Waals surface area (Å²) in [5.41, 5.74) is 6.81. The Kier molecular flexibility index (Phi) is 5.83. The quantitative estimate of drug-likeness (QED) is 0.813. The van der Waals surface area contributed by atoms with E-state index in [2.05, 4.69) is 36.0 Å². The van der Waals surface area contributed by atoms with Crippen molar-refractivity contribution in [1.82, 2.24) is 9.80 Å². The molecule has 0 amide bonds. The van der Waals surface area contributed by atoms with E-state index in [0.717, 1.165) is 31.9 Å². The van der Waals surface area contributed by atoms with Gasteiger partial charge in [0.05, 0.1) is 0 Å². The number of hydrogen-bond acceptors (Lipinski definition) is 4. The van der Waals surface area contributed by atoms with Crippen molar-refractivity contribution in [1.29, 1.82) is 0 Å². The van der Waals surface area contributed by atoms with E-state index in [1.807, 2.05) is 12.1 Å². The molecule has 0 radical (unpaired) electrons. The highest BCUT2D eigenvalue weighted by Crippen LogP contribution is 2.14. The molecule has 1 atom stereocenters. The van der Waals surface area contributed by atoms with Crippen LogP contribution in [0.15, 0.2) is 24.3 Å². The summed E-state index contributed by atoms with van der Waals surface area (Å²) in [6.45, 7) is 4.81. The van der Waals surface area contributed by atoms with Crippen molar-refractivity contribution >= 4 is 0 Å². The number of rotatable bonds is 7. The summed E-state index contributed by atoms with van der Waals surface area (Å²) in [6, 6.07) is 8.97. The molecule has 1 heterocycles. The molecule has 2 rings (SSSR count). The van der Waals surface area contributed by atoms with Gasteiger partial charge in [0, 0.05) is 19.1 Å². The standard InChI is InChI=1S/C16H27N3O/c1-18(2)15-8-10-19(13-15)11-12-20-16-5-3-14(4-6-16)7-9-17/h3-6,15H,7-13,17H2,1-2H3. The summed E-state index contributed by atoms with van der Waals surface area (Å²) >= 11 is 0. The van der Waals surface area contributed by atoms with E-state index in [0.29, 0.717) is 12.6 Å². The molecule has 1 aromatic rings. The Morgan fingerprint density at radius 1 is 1.30 bits per heavy atom. The third kappa shape index (κ3) is 4.47. The molecule has 4 heteroatoms. The van der Waals surface area contributed by atoms with E-state index in [9.17, 15) is 0 Å². The van der Waals surface area contributed by atoms with Crippen LogP contribution in [-0.4, -0.2) is 62.7 Å². The number of likely N-dealkylation sites (N-methyl/N-ethyl adjacent to an activating group) is 1. The minimum absolute atomic E-state index is 0.697. The summed E-state index contributed by atoms with van der Waals surface area (Å²) in [6.07, 6.45) is 2.20. The minimum atomic E-state index is 0.697. The van der Waals surface area contributed by atoms with E-state index >= 15 is 0 Å². The van der Waals surface area contributed by atoms with E-state index < -0.39 is 0 Å². The monoisotopic (exact) mass is 277 g/mol. The maximum Gasteiger partial charge on any atom is 0.119 e. The van der Waals surface area contributed by atoms with Crippen LogP contribution in [0.2, 0.25) is 0 Å². The highest BCUT2D eigenvalue weighted by molar-refractivity contribution is 5.27. The maximum absolute atomic E-state index is 5.81. The Balaban J connectivity index is 1.68. The van der Waals surface area contributed by atoms with Gasteiger partial charge in [0.15, 0.2) is 0 Å². The molecule has 1 fully saturated rings. The first-order chi connectivity index (χ1) is 9.69. The van der Waals surface area contributed by atoms with Crippen molar-refractivity contribution < 1.29 is 4.74 Å². The lowest BCUT2D eigenvalue weighted by molar-refractivity contribution is 0.220. The lowest BCUT2D eigenvalue weighted by Gasteiger charge is -2.20. The van der Waals surface area contributed by atoms with Gasteiger partial charge in [-0.25, -0.2) is 0 Å². The zero-order valence-corrected chi connectivity index (χ0v) is 12.7. The number of likely N-dealkylation sites (tertiary alicyclic amines) is 1. The van der Waals surface area contributed by atoms with E-state index in [-0.39, 0.29) is 0 Å². The molecule has 0 aromatic heterocycles. The molecule has 2 N–H and O–H groups in total. The van der Waals surface area contributed by atoms with Gasteiger partial charge in [-0.2, -0.15) is 0 Å². The molecule has 0 aliphatic carbocycles. The van der Waals surface area contributed by atoms with Crippen LogP contribution in [0, 0.1) is 0 Å². The Morgan fingerprint density at radius 3 is 2.65 bits per heavy atom. The first kappa shape index (κ1) is 15.3. The van der Waals surface area contributed by atoms with Gasteiger partial charge in [-0.1, -0.05) is 12.1 Å². The van der Waals surface area contributed by atoms with Gasteiger partial charge in [0.2, 0.25) is 0 Å². The van der Waals surface area contributed by atoms with Crippen LogP contribution in [0.1, 0.15) is 12.0 Å². The van der Waals surface area contributed by atoms with Crippen molar-refractivity contribution in [2.45, 2.75) is 18.9 Å². The Bertz CT molecular complexity index is 391.